The molecule has 150 valence electrons. The summed E-state index contributed by atoms with van der Waals surface area (Å²) in [5.74, 6) is 2.99. The number of guanidine groups is 1. The fourth-order valence-corrected chi connectivity index (χ4v) is 2.90. The Balaban J connectivity index is 1.21. The molecule has 0 spiro atoms. The van der Waals surface area contributed by atoms with Gasteiger partial charge in [0.15, 0.2) is 17.5 Å². The van der Waals surface area contributed by atoms with Crippen molar-refractivity contribution in [3.63, 3.8) is 0 Å². The van der Waals surface area contributed by atoms with Crippen LogP contribution in [-0.4, -0.2) is 65.4 Å². The maximum Gasteiger partial charge on any atom is 0.231 e. The number of aliphatic imine (C=N–C) groups is 1. The quantitative estimate of drug-likeness (QED) is 0.363. The topological polar surface area (TPSA) is 82.6 Å². The molecule has 0 saturated carbocycles. The van der Waals surface area contributed by atoms with Gasteiger partial charge in [0, 0.05) is 32.9 Å². The minimum absolute atomic E-state index is 0.266. The third-order valence-electron chi connectivity index (χ3n) is 4.32. The zero-order valence-electron chi connectivity index (χ0n) is 15.9. The molecule has 1 aromatic rings. The first-order valence-electron chi connectivity index (χ1n) is 9.51. The molecule has 3 rings (SSSR count). The lowest BCUT2D eigenvalue weighted by Gasteiger charge is -2.13. The average molecular weight is 379 g/mol. The molecule has 0 radical (unpaired) electrons. The van der Waals surface area contributed by atoms with Crippen LogP contribution in [-0.2, 0) is 9.47 Å². The third kappa shape index (κ3) is 6.48. The van der Waals surface area contributed by atoms with Gasteiger partial charge in [-0.3, -0.25) is 4.99 Å². The van der Waals surface area contributed by atoms with Crippen LogP contribution < -0.4 is 24.8 Å². The average Bonchev–Trinajstić information content (AvgIpc) is 3.37. The number of fused-ring (bicyclic) bond motifs is 1. The summed E-state index contributed by atoms with van der Waals surface area (Å²) in [5, 5.41) is 6.49. The fraction of sp³-hybridized carbons (Fsp3) is 0.632. The summed E-state index contributed by atoms with van der Waals surface area (Å²) in [6, 6.07) is 5.57. The normalized spacial score (nSPS) is 18.6. The van der Waals surface area contributed by atoms with E-state index in [1.54, 1.807) is 7.05 Å². The molecule has 0 aromatic heterocycles. The number of ether oxygens (including phenoxy) is 5. The van der Waals surface area contributed by atoms with Crippen LogP contribution in [0.25, 0.3) is 0 Å². The van der Waals surface area contributed by atoms with Crippen molar-refractivity contribution in [2.45, 2.75) is 25.4 Å². The lowest BCUT2D eigenvalue weighted by molar-refractivity contribution is 0.0168. The van der Waals surface area contributed by atoms with Crippen LogP contribution in [0, 0.1) is 0 Å². The molecule has 27 heavy (non-hydrogen) atoms. The molecule has 0 bridgehead atoms. The van der Waals surface area contributed by atoms with Crippen molar-refractivity contribution in [1.29, 1.82) is 0 Å². The monoisotopic (exact) mass is 379 g/mol. The second-order valence-electron chi connectivity index (χ2n) is 6.35. The van der Waals surface area contributed by atoms with E-state index >= 15 is 0 Å². The first-order valence-corrected chi connectivity index (χ1v) is 9.51. The Kier molecular flexibility index (Phi) is 7.85. The molecule has 1 aromatic carbocycles. The lowest BCUT2D eigenvalue weighted by Crippen LogP contribution is -2.39. The van der Waals surface area contributed by atoms with Gasteiger partial charge in [0.05, 0.1) is 19.3 Å². The molecule has 0 aliphatic carbocycles. The molecule has 8 nitrogen and oxygen atoms in total. The second kappa shape index (κ2) is 10.8. The van der Waals surface area contributed by atoms with Gasteiger partial charge in [-0.25, -0.2) is 0 Å². The molecule has 1 fully saturated rings. The summed E-state index contributed by atoms with van der Waals surface area (Å²) in [7, 11) is 1.75. The van der Waals surface area contributed by atoms with Gasteiger partial charge >= 0.3 is 0 Å². The van der Waals surface area contributed by atoms with Crippen molar-refractivity contribution in [3.8, 4) is 17.2 Å². The van der Waals surface area contributed by atoms with Gasteiger partial charge in [-0.15, -0.1) is 0 Å². The zero-order valence-corrected chi connectivity index (χ0v) is 15.9. The third-order valence-corrected chi connectivity index (χ3v) is 4.32. The van der Waals surface area contributed by atoms with E-state index in [1.165, 1.54) is 0 Å². The Morgan fingerprint density at radius 2 is 2.07 bits per heavy atom. The Morgan fingerprint density at radius 3 is 2.93 bits per heavy atom. The van der Waals surface area contributed by atoms with Crippen LogP contribution in [0.1, 0.15) is 19.3 Å². The van der Waals surface area contributed by atoms with Gasteiger partial charge in [0.25, 0.3) is 0 Å². The van der Waals surface area contributed by atoms with Gasteiger partial charge in [-0.2, -0.15) is 0 Å². The van der Waals surface area contributed by atoms with Crippen LogP contribution in [0.3, 0.4) is 0 Å². The van der Waals surface area contributed by atoms with Crippen molar-refractivity contribution in [2.75, 3.05) is 53.4 Å². The molecule has 0 amide bonds. The zero-order chi connectivity index (χ0) is 18.7. The minimum Gasteiger partial charge on any atom is -0.492 e. The molecule has 2 heterocycles. The highest BCUT2D eigenvalue weighted by Gasteiger charge is 2.15. The molecule has 2 aliphatic heterocycles. The summed E-state index contributed by atoms with van der Waals surface area (Å²) >= 11 is 0. The SMILES string of the molecule is CN=C(NCCCOCC1CCCO1)NCCOc1ccc2c(c1)OCO2. The van der Waals surface area contributed by atoms with Crippen molar-refractivity contribution >= 4 is 5.96 Å². The maximum atomic E-state index is 5.72. The molecular formula is C19H29N3O5. The number of nitrogens with one attached hydrogen (secondary N) is 2. The number of benzene rings is 1. The molecule has 1 atom stereocenters. The van der Waals surface area contributed by atoms with E-state index in [-0.39, 0.29) is 12.9 Å². The molecular weight excluding hydrogens is 350 g/mol. The smallest absolute Gasteiger partial charge is 0.231 e. The van der Waals surface area contributed by atoms with E-state index in [9.17, 15) is 0 Å². The largest absolute Gasteiger partial charge is 0.492 e. The Bertz CT molecular complexity index is 605. The van der Waals surface area contributed by atoms with Crippen molar-refractivity contribution in [2.24, 2.45) is 4.99 Å². The first-order chi connectivity index (χ1) is 13.3. The standard InChI is InChI=1S/C19H29N3O5/c1-20-19(21-7-3-9-23-13-16-4-2-10-24-16)22-8-11-25-15-5-6-17-18(12-15)27-14-26-17/h5-6,12,16H,2-4,7-11,13-14H2,1H3,(H2,20,21,22). The van der Waals surface area contributed by atoms with Crippen LogP contribution >= 0.6 is 0 Å². The van der Waals surface area contributed by atoms with Gasteiger partial charge < -0.3 is 34.3 Å². The summed E-state index contributed by atoms with van der Waals surface area (Å²) in [5.41, 5.74) is 0. The highest BCUT2D eigenvalue weighted by molar-refractivity contribution is 5.79. The van der Waals surface area contributed by atoms with Crippen LogP contribution in [0.2, 0.25) is 0 Å². The Morgan fingerprint density at radius 1 is 1.19 bits per heavy atom. The maximum absolute atomic E-state index is 5.72. The summed E-state index contributed by atoms with van der Waals surface area (Å²) in [6.45, 7) is 4.52. The van der Waals surface area contributed by atoms with Gasteiger partial charge in [0.2, 0.25) is 6.79 Å². The predicted octanol–water partition coefficient (Wildman–Crippen LogP) is 1.54. The lowest BCUT2D eigenvalue weighted by atomic mass is 10.2. The minimum atomic E-state index is 0.266. The number of rotatable bonds is 10. The fourth-order valence-electron chi connectivity index (χ4n) is 2.90. The number of hydrogen-bond acceptors (Lipinski definition) is 6. The van der Waals surface area contributed by atoms with Gasteiger partial charge in [-0.1, -0.05) is 0 Å². The van der Waals surface area contributed by atoms with E-state index in [0.29, 0.717) is 19.8 Å². The van der Waals surface area contributed by atoms with Crippen molar-refractivity contribution in [1.82, 2.24) is 10.6 Å². The summed E-state index contributed by atoms with van der Waals surface area (Å²) in [6.07, 6.45) is 3.47. The molecule has 8 heteroatoms. The highest BCUT2D eigenvalue weighted by atomic mass is 16.7. The molecule has 2 N–H and O–H groups in total. The van der Waals surface area contributed by atoms with Crippen molar-refractivity contribution in [3.05, 3.63) is 18.2 Å². The van der Waals surface area contributed by atoms with Crippen molar-refractivity contribution < 1.29 is 23.7 Å². The number of hydrogen-bond donors (Lipinski definition) is 2. The van der Waals surface area contributed by atoms with Gasteiger partial charge in [-0.05, 0) is 31.4 Å². The second-order valence-corrected chi connectivity index (χ2v) is 6.35. The summed E-state index contributed by atoms with van der Waals surface area (Å²) in [4.78, 5) is 4.20. The van der Waals surface area contributed by atoms with E-state index in [0.717, 1.165) is 62.2 Å². The number of nitrogens with zero attached hydrogens (tertiary/aromatic N) is 1. The van der Waals surface area contributed by atoms with E-state index in [2.05, 4.69) is 15.6 Å². The first kappa shape index (κ1) is 19.6. The predicted molar refractivity (Wildman–Crippen MR) is 102 cm³/mol. The molecule has 2 aliphatic rings. The van der Waals surface area contributed by atoms with Gasteiger partial charge in [0.1, 0.15) is 12.4 Å². The molecule has 1 unspecified atom stereocenters. The van der Waals surface area contributed by atoms with E-state index < -0.39 is 0 Å². The summed E-state index contributed by atoms with van der Waals surface area (Å²) < 4.78 is 27.5. The Labute approximate surface area is 160 Å². The van der Waals surface area contributed by atoms with Crippen LogP contribution in [0.4, 0.5) is 0 Å². The molecule has 1 saturated heterocycles. The Hall–Kier alpha value is -2.19. The van der Waals surface area contributed by atoms with E-state index in [1.807, 2.05) is 18.2 Å². The highest BCUT2D eigenvalue weighted by Crippen LogP contribution is 2.34. The van der Waals surface area contributed by atoms with Crippen LogP contribution in [0.15, 0.2) is 23.2 Å². The van der Waals surface area contributed by atoms with E-state index in [4.69, 9.17) is 23.7 Å². The van der Waals surface area contributed by atoms with Crippen LogP contribution in [0.5, 0.6) is 17.2 Å².